The average Bonchev–Trinajstić information content (AvgIpc) is 2.82. The summed E-state index contributed by atoms with van der Waals surface area (Å²) in [7, 11) is 0. The highest BCUT2D eigenvalue weighted by Crippen LogP contribution is 2.37. The van der Waals surface area contributed by atoms with Crippen LogP contribution in [0.1, 0.15) is 17.2 Å². The van der Waals surface area contributed by atoms with Crippen molar-refractivity contribution >= 4 is 28.9 Å². The van der Waals surface area contributed by atoms with Crippen LogP contribution in [0.4, 0.5) is 5.69 Å². The number of rotatable bonds is 2. The summed E-state index contributed by atoms with van der Waals surface area (Å²) >= 11 is 12.3. The maximum atomic E-state index is 10.5. The van der Waals surface area contributed by atoms with Gasteiger partial charge in [-0.15, -0.1) is 0 Å². The van der Waals surface area contributed by atoms with Crippen molar-refractivity contribution in [3.05, 3.63) is 63.6 Å². The molecule has 4 heteroatoms. The summed E-state index contributed by atoms with van der Waals surface area (Å²) in [5.41, 5.74) is 2.86. The lowest BCUT2D eigenvalue weighted by Gasteiger charge is -2.21. The zero-order chi connectivity index (χ0) is 13.4. The molecule has 0 bridgehead atoms. The van der Waals surface area contributed by atoms with Crippen LogP contribution in [0.2, 0.25) is 10.0 Å². The minimum atomic E-state index is -0.728. The Morgan fingerprint density at radius 3 is 2.42 bits per heavy atom. The first kappa shape index (κ1) is 12.8. The Morgan fingerprint density at radius 1 is 1.05 bits per heavy atom. The van der Waals surface area contributed by atoms with E-state index in [0.29, 0.717) is 15.6 Å². The van der Waals surface area contributed by atoms with Crippen molar-refractivity contribution in [3.8, 4) is 0 Å². The van der Waals surface area contributed by atoms with Gasteiger partial charge in [0.15, 0.2) is 0 Å². The molecule has 1 aliphatic rings. The van der Waals surface area contributed by atoms with Gasteiger partial charge in [-0.2, -0.15) is 0 Å². The summed E-state index contributed by atoms with van der Waals surface area (Å²) in [4.78, 5) is 0. The highest BCUT2D eigenvalue weighted by molar-refractivity contribution is 6.36. The largest absolute Gasteiger partial charge is 0.386 e. The van der Waals surface area contributed by atoms with Gasteiger partial charge in [-0.05, 0) is 30.2 Å². The number of para-hydroxylation sites is 1. The first-order valence-corrected chi connectivity index (χ1v) is 6.89. The van der Waals surface area contributed by atoms with Gasteiger partial charge in [-0.3, -0.25) is 0 Å². The maximum absolute atomic E-state index is 10.5. The fourth-order valence-corrected chi connectivity index (χ4v) is 3.13. The van der Waals surface area contributed by atoms with E-state index < -0.39 is 6.10 Å². The Balaban J connectivity index is 1.89. The predicted octanol–water partition coefficient (Wildman–Crippen LogP) is 4.06. The molecule has 0 saturated heterocycles. The molecule has 1 aliphatic heterocycles. The maximum Gasteiger partial charge on any atom is 0.102 e. The van der Waals surface area contributed by atoms with Gasteiger partial charge in [-0.25, -0.2) is 0 Å². The molecule has 3 rings (SSSR count). The molecule has 0 spiro atoms. The van der Waals surface area contributed by atoms with Gasteiger partial charge < -0.3 is 10.4 Å². The van der Waals surface area contributed by atoms with Crippen molar-refractivity contribution in [1.82, 2.24) is 0 Å². The molecule has 1 heterocycles. The number of aliphatic hydroxyl groups excluding tert-OH is 1. The van der Waals surface area contributed by atoms with Crippen LogP contribution in [0.15, 0.2) is 42.5 Å². The second kappa shape index (κ2) is 5.04. The number of halogens is 2. The van der Waals surface area contributed by atoms with E-state index in [1.807, 2.05) is 18.2 Å². The molecule has 2 N–H and O–H groups in total. The monoisotopic (exact) mass is 293 g/mol. The summed E-state index contributed by atoms with van der Waals surface area (Å²) in [6, 6.07) is 13.2. The van der Waals surface area contributed by atoms with Crippen molar-refractivity contribution < 1.29 is 5.11 Å². The zero-order valence-electron chi connectivity index (χ0n) is 10.1. The highest BCUT2D eigenvalue weighted by atomic mass is 35.5. The number of nitrogens with one attached hydrogen (secondary N) is 1. The Kier molecular flexibility index (Phi) is 3.40. The molecule has 0 radical (unpaired) electrons. The van der Waals surface area contributed by atoms with Gasteiger partial charge >= 0.3 is 0 Å². The SMILES string of the molecule is OC(c1c(Cl)cccc1Cl)C1Cc2ccccc2N1. The number of aliphatic hydroxyl groups is 1. The molecule has 2 unspecified atom stereocenters. The third kappa shape index (κ3) is 2.32. The first-order valence-electron chi connectivity index (χ1n) is 6.13. The third-order valence-corrected chi connectivity index (χ3v) is 4.13. The Bertz CT molecular complexity index is 570. The molecule has 0 aliphatic carbocycles. The van der Waals surface area contributed by atoms with E-state index in [9.17, 15) is 5.11 Å². The molecule has 0 fully saturated rings. The molecule has 19 heavy (non-hydrogen) atoms. The Hall–Kier alpha value is -1.22. The topological polar surface area (TPSA) is 32.3 Å². The number of benzene rings is 2. The fourth-order valence-electron chi connectivity index (χ4n) is 2.51. The van der Waals surface area contributed by atoms with Crippen molar-refractivity contribution in [2.24, 2.45) is 0 Å². The van der Waals surface area contributed by atoms with E-state index in [0.717, 1.165) is 12.1 Å². The molecule has 98 valence electrons. The van der Waals surface area contributed by atoms with E-state index in [1.54, 1.807) is 18.2 Å². The number of anilines is 1. The van der Waals surface area contributed by atoms with E-state index in [1.165, 1.54) is 5.56 Å². The number of fused-ring (bicyclic) bond motifs is 1. The zero-order valence-corrected chi connectivity index (χ0v) is 11.6. The van der Waals surface area contributed by atoms with E-state index >= 15 is 0 Å². The fraction of sp³-hybridized carbons (Fsp3) is 0.200. The molecule has 0 aromatic heterocycles. The summed E-state index contributed by atoms with van der Waals surface area (Å²) in [6.07, 6.45) is 0.0346. The van der Waals surface area contributed by atoms with Gasteiger partial charge in [-0.1, -0.05) is 47.5 Å². The van der Waals surface area contributed by atoms with Gasteiger partial charge in [0.25, 0.3) is 0 Å². The number of hydrogen-bond donors (Lipinski definition) is 2. The summed E-state index contributed by atoms with van der Waals surface area (Å²) < 4.78 is 0. The van der Waals surface area contributed by atoms with Gasteiger partial charge in [0.05, 0.1) is 6.04 Å². The van der Waals surface area contributed by atoms with Crippen LogP contribution in [-0.4, -0.2) is 11.1 Å². The van der Waals surface area contributed by atoms with Crippen LogP contribution in [0.3, 0.4) is 0 Å². The van der Waals surface area contributed by atoms with Crippen molar-refractivity contribution in [3.63, 3.8) is 0 Å². The van der Waals surface area contributed by atoms with Crippen LogP contribution >= 0.6 is 23.2 Å². The lowest BCUT2D eigenvalue weighted by Crippen LogP contribution is -2.25. The molecule has 2 nitrogen and oxygen atoms in total. The summed E-state index contributed by atoms with van der Waals surface area (Å²) in [5, 5.41) is 14.8. The lowest BCUT2D eigenvalue weighted by atomic mass is 9.99. The Morgan fingerprint density at radius 2 is 1.74 bits per heavy atom. The van der Waals surface area contributed by atoms with E-state index in [-0.39, 0.29) is 6.04 Å². The third-order valence-electron chi connectivity index (χ3n) is 3.47. The molecule has 0 saturated carbocycles. The quantitative estimate of drug-likeness (QED) is 0.875. The minimum absolute atomic E-state index is 0.102. The molecular formula is C15H13Cl2NO. The first-order chi connectivity index (χ1) is 9.16. The summed E-state index contributed by atoms with van der Waals surface area (Å²) in [6.45, 7) is 0. The van der Waals surface area contributed by atoms with Crippen LogP contribution < -0.4 is 5.32 Å². The normalized spacial score (nSPS) is 18.8. The van der Waals surface area contributed by atoms with Crippen molar-refractivity contribution in [2.45, 2.75) is 18.6 Å². The average molecular weight is 294 g/mol. The molecule has 2 aromatic carbocycles. The van der Waals surface area contributed by atoms with Crippen LogP contribution in [0.5, 0.6) is 0 Å². The molecular weight excluding hydrogens is 281 g/mol. The Labute approximate surface area is 122 Å². The second-order valence-electron chi connectivity index (χ2n) is 4.69. The lowest BCUT2D eigenvalue weighted by molar-refractivity contribution is 0.157. The van der Waals surface area contributed by atoms with Gasteiger partial charge in [0, 0.05) is 21.3 Å². The van der Waals surface area contributed by atoms with Crippen LogP contribution in [0, 0.1) is 0 Å². The predicted molar refractivity (Wildman–Crippen MR) is 79.0 cm³/mol. The standard InChI is InChI=1S/C15H13Cl2NO/c16-10-5-3-6-11(17)14(10)15(19)13-8-9-4-1-2-7-12(9)18-13/h1-7,13,15,18-19H,8H2. The van der Waals surface area contributed by atoms with E-state index in [4.69, 9.17) is 23.2 Å². The minimum Gasteiger partial charge on any atom is -0.386 e. The van der Waals surface area contributed by atoms with Gasteiger partial charge in [0.2, 0.25) is 0 Å². The van der Waals surface area contributed by atoms with Crippen LogP contribution in [0.25, 0.3) is 0 Å². The van der Waals surface area contributed by atoms with Gasteiger partial charge in [0.1, 0.15) is 6.10 Å². The van der Waals surface area contributed by atoms with E-state index in [2.05, 4.69) is 11.4 Å². The molecule has 2 atom stereocenters. The highest BCUT2D eigenvalue weighted by Gasteiger charge is 2.30. The molecule has 2 aromatic rings. The van der Waals surface area contributed by atoms with Crippen molar-refractivity contribution in [1.29, 1.82) is 0 Å². The second-order valence-corrected chi connectivity index (χ2v) is 5.51. The summed E-state index contributed by atoms with van der Waals surface area (Å²) in [5.74, 6) is 0. The number of hydrogen-bond acceptors (Lipinski definition) is 2. The smallest absolute Gasteiger partial charge is 0.102 e. The van der Waals surface area contributed by atoms with Crippen LogP contribution in [-0.2, 0) is 6.42 Å². The van der Waals surface area contributed by atoms with Crippen molar-refractivity contribution in [2.75, 3.05) is 5.32 Å². The molecule has 0 amide bonds.